The first-order chi connectivity index (χ1) is 9.99. The van der Waals surface area contributed by atoms with E-state index < -0.39 is 29.5 Å². The molecule has 1 atom stereocenters. The molecule has 0 fully saturated rings. The van der Waals surface area contributed by atoms with E-state index in [1.165, 1.54) is 12.3 Å². The predicted molar refractivity (Wildman–Crippen MR) is 75.2 cm³/mol. The molecule has 1 amide bonds. The summed E-state index contributed by atoms with van der Waals surface area (Å²) in [6, 6.07) is 0.604. The van der Waals surface area contributed by atoms with Gasteiger partial charge in [-0.05, 0) is 38.8 Å². The van der Waals surface area contributed by atoms with Crippen LogP contribution in [0, 0.1) is 0 Å². The van der Waals surface area contributed by atoms with E-state index in [4.69, 9.17) is 10.5 Å². The average Bonchev–Trinajstić information content (AvgIpc) is 2.34. The summed E-state index contributed by atoms with van der Waals surface area (Å²) in [4.78, 5) is 14.9. The van der Waals surface area contributed by atoms with Gasteiger partial charge in [0.15, 0.2) is 0 Å². The number of nitrogens with one attached hydrogen (secondary N) is 1. The Morgan fingerprint density at radius 1 is 1.41 bits per heavy atom. The van der Waals surface area contributed by atoms with Gasteiger partial charge in [-0.15, -0.1) is 0 Å². The van der Waals surface area contributed by atoms with Crippen LogP contribution in [-0.2, 0) is 17.3 Å². The van der Waals surface area contributed by atoms with Crippen LogP contribution in [0.3, 0.4) is 0 Å². The van der Waals surface area contributed by atoms with Crippen molar-refractivity contribution >= 4 is 6.09 Å². The second-order valence-corrected chi connectivity index (χ2v) is 5.88. The Hall–Kier alpha value is -1.83. The Labute approximate surface area is 127 Å². The van der Waals surface area contributed by atoms with Crippen molar-refractivity contribution in [2.75, 3.05) is 6.54 Å². The van der Waals surface area contributed by atoms with Gasteiger partial charge >= 0.3 is 12.3 Å². The monoisotopic (exact) mass is 319 g/mol. The Kier molecular flexibility index (Phi) is 5.76. The van der Waals surface area contributed by atoms with Crippen molar-refractivity contribution in [1.29, 1.82) is 0 Å². The molecule has 0 aliphatic rings. The molecule has 1 aromatic rings. The lowest BCUT2D eigenvalue weighted by Gasteiger charge is -2.21. The highest BCUT2D eigenvalue weighted by molar-refractivity contribution is 5.67. The zero-order chi connectivity index (χ0) is 17.0. The average molecular weight is 319 g/mol. The summed E-state index contributed by atoms with van der Waals surface area (Å²) in [6.07, 6.45) is -3.13. The molecule has 3 N–H and O–H groups in total. The molecule has 22 heavy (non-hydrogen) atoms. The Morgan fingerprint density at radius 3 is 2.59 bits per heavy atom. The number of rotatable bonds is 4. The standard InChI is InChI=1S/C14H20F3N3O2/c1-13(2,3)22-12(21)20-7-10(18)6-9-4-5-19-8-11(9)14(15,16)17/h4-5,8,10H,6-7,18H2,1-3H3,(H,20,21). The van der Waals surface area contributed by atoms with Crippen molar-refractivity contribution in [1.82, 2.24) is 10.3 Å². The maximum atomic E-state index is 12.8. The number of hydrogen-bond acceptors (Lipinski definition) is 4. The van der Waals surface area contributed by atoms with Crippen LogP contribution < -0.4 is 11.1 Å². The molecule has 1 rings (SSSR count). The highest BCUT2D eigenvalue weighted by atomic mass is 19.4. The van der Waals surface area contributed by atoms with Gasteiger partial charge in [-0.25, -0.2) is 4.79 Å². The normalized spacial score (nSPS) is 13.6. The van der Waals surface area contributed by atoms with Gasteiger partial charge in [-0.3, -0.25) is 4.98 Å². The van der Waals surface area contributed by atoms with E-state index >= 15 is 0 Å². The third kappa shape index (κ3) is 6.30. The van der Waals surface area contributed by atoms with E-state index in [1.807, 2.05) is 0 Å². The third-order valence-electron chi connectivity index (χ3n) is 2.61. The topological polar surface area (TPSA) is 77.2 Å². The minimum Gasteiger partial charge on any atom is -0.444 e. The fourth-order valence-corrected chi connectivity index (χ4v) is 1.74. The van der Waals surface area contributed by atoms with Crippen LogP contribution >= 0.6 is 0 Å². The van der Waals surface area contributed by atoms with E-state index in [1.54, 1.807) is 20.8 Å². The van der Waals surface area contributed by atoms with Crippen LogP contribution in [-0.4, -0.2) is 29.3 Å². The number of hydrogen-bond donors (Lipinski definition) is 2. The molecule has 1 unspecified atom stereocenters. The molecule has 1 heterocycles. The Morgan fingerprint density at radius 2 is 2.05 bits per heavy atom. The first kappa shape index (κ1) is 18.2. The van der Waals surface area contributed by atoms with Crippen LogP contribution in [0.1, 0.15) is 31.9 Å². The van der Waals surface area contributed by atoms with E-state index in [-0.39, 0.29) is 18.5 Å². The summed E-state index contributed by atoms with van der Waals surface area (Å²) < 4.78 is 43.5. The smallest absolute Gasteiger partial charge is 0.418 e. The summed E-state index contributed by atoms with van der Waals surface area (Å²) in [6.45, 7) is 5.13. The maximum Gasteiger partial charge on any atom is 0.418 e. The Balaban J connectivity index is 2.60. The third-order valence-corrected chi connectivity index (χ3v) is 2.61. The Bertz CT molecular complexity index is 513. The summed E-state index contributed by atoms with van der Waals surface area (Å²) in [7, 11) is 0. The summed E-state index contributed by atoms with van der Waals surface area (Å²) in [5.41, 5.74) is 4.35. The molecule has 8 heteroatoms. The second kappa shape index (κ2) is 6.95. The lowest BCUT2D eigenvalue weighted by Crippen LogP contribution is -2.41. The fraction of sp³-hybridized carbons (Fsp3) is 0.571. The van der Waals surface area contributed by atoms with Gasteiger partial charge in [-0.1, -0.05) is 0 Å². The van der Waals surface area contributed by atoms with Crippen molar-refractivity contribution < 1.29 is 22.7 Å². The molecule has 0 aromatic carbocycles. The number of carbonyl (C=O) groups is 1. The number of alkyl carbamates (subject to hydrolysis) is 1. The molecule has 0 saturated heterocycles. The molecular weight excluding hydrogens is 299 g/mol. The SMILES string of the molecule is CC(C)(C)OC(=O)NCC(N)Cc1ccncc1C(F)(F)F. The van der Waals surface area contributed by atoms with E-state index in [2.05, 4.69) is 10.3 Å². The van der Waals surface area contributed by atoms with Crippen LogP contribution in [0.5, 0.6) is 0 Å². The minimum atomic E-state index is -4.48. The van der Waals surface area contributed by atoms with Gasteiger partial charge in [0.2, 0.25) is 0 Å². The van der Waals surface area contributed by atoms with E-state index in [9.17, 15) is 18.0 Å². The number of ether oxygens (including phenoxy) is 1. The van der Waals surface area contributed by atoms with Crippen LogP contribution in [0.15, 0.2) is 18.5 Å². The predicted octanol–water partition coefficient (Wildman–Crippen LogP) is 2.49. The molecule has 0 saturated carbocycles. The van der Waals surface area contributed by atoms with Crippen LogP contribution in [0.2, 0.25) is 0 Å². The van der Waals surface area contributed by atoms with Crippen molar-refractivity contribution in [2.24, 2.45) is 5.73 Å². The lowest BCUT2D eigenvalue weighted by molar-refractivity contribution is -0.138. The number of aromatic nitrogens is 1. The first-order valence-corrected chi connectivity index (χ1v) is 6.71. The molecule has 5 nitrogen and oxygen atoms in total. The highest BCUT2D eigenvalue weighted by Crippen LogP contribution is 2.31. The number of pyridine rings is 1. The number of nitrogens with two attached hydrogens (primary N) is 1. The summed E-state index contributed by atoms with van der Waals surface area (Å²) >= 11 is 0. The van der Waals surface area contributed by atoms with Crippen molar-refractivity contribution in [3.63, 3.8) is 0 Å². The van der Waals surface area contributed by atoms with E-state index in [0.717, 1.165) is 6.20 Å². The molecule has 0 aliphatic heterocycles. The van der Waals surface area contributed by atoms with Crippen molar-refractivity contribution in [3.05, 3.63) is 29.6 Å². The first-order valence-electron chi connectivity index (χ1n) is 6.71. The van der Waals surface area contributed by atoms with Gasteiger partial charge in [0, 0.05) is 25.0 Å². The second-order valence-electron chi connectivity index (χ2n) is 5.88. The van der Waals surface area contributed by atoms with Gasteiger partial charge in [0.25, 0.3) is 0 Å². The van der Waals surface area contributed by atoms with Crippen LogP contribution in [0.25, 0.3) is 0 Å². The quantitative estimate of drug-likeness (QED) is 0.894. The fourth-order valence-electron chi connectivity index (χ4n) is 1.74. The zero-order valence-corrected chi connectivity index (χ0v) is 12.7. The van der Waals surface area contributed by atoms with E-state index in [0.29, 0.717) is 0 Å². The van der Waals surface area contributed by atoms with Gasteiger partial charge in [0.1, 0.15) is 5.60 Å². The van der Waals surface area contributed by atoms with Crippen molar-refractivity contribution in [3.8, 4) is 0 Å². The van der Waals surface area contributed by atoms with Gasteiger partial charge < -0.3 is 15.8 Å². The maximum absolute atomic E-state index is 12.8. The molecule has 0 bridgehead atoms. The number of halogens is 3. The molecule has 124 valence electrons. The van der Waals surface area contributed by atoms with Crippen LogP contribution in [0.4, 0.5) is 18.0 Å². The number of nitrogens with zero attached hydrogens (tertiary/aromatic N) is 1. The minimum absolute atomic E-state index is 0.00847. The summed E-state index contributed by atoms with van der Waals surface area (Å²) in [5, 5.41) is 2.43. The lowest BCUT2D eigenvalue weighted by atomic mass is 10.0. The summed E-state index contributed by atoms with van der Waals surface area (Å²) in [5.74, 6) is 0. The molecule has 1 aromatic heterocycles. The number of carbonyl (C=O) groups excluding carboxylic acids is 1. The largest absolute Gasteiger partial charge is 0.444 e. The molecule has 0 aliphatic carbocycles. The zero-order valence-electron chi connectivity index (χ0n) is 12.7. The highest BCUT2D eigenvalue weighted by Gasteiger charge is 2.33. The number of alkyl halides is 3. The molecule has 0 spiro atoms. The van der Waals surface area contributed by atoms with Crippen molar-refractivity contribution in [2.45, 2.75) is 45.0 Å². The van der Waals surface area contributed by atoms with Gasteiger partial charge in [-0.2, -0.15) is 13.2 Å². The van der Waals surface area contributed by atoms with Gasteiger partial charge in [0.05, 0.1) is 5.56 Å². The molecule has 0 radical (unpaired) electrons. The number of amides is 1. The molecular formula is C14H20F3N3O2.